The monoisotopic (exact) mass is 292 g/mol. The summed E-state index contributed by atoms with van der Waals surface area (Å²) >= 11 is 0. The Balaban J connectivity index is 1.81. The van der Waals surface area contributed by atoms with E-state index in [0.717, 1.165) is 6.42 Å². The van der Waals surface area contributed by atoms with Crippen LogP contribution in [0.5, 0.6) is 5.75 Å². The minimum Gasteiger partial charge on any atom is -0.490 e. The summed E-state index contributed by atoms with van der Waals surface area (Å²) in [6.45, 7) is 1.29. The number of carbonyl (C=O) groups excluding carboxylic acids is 1. The molecule has 0 bridgehead atoms. The van der Waals surface area contributed by atoms with E-state index in [-0.39, 0.29) is 29.4 Å². The van der Waals surface area contributed by atoms with E-state index in [1.165, 1.54) is 25.3 Å². The summed E-state index contributed by atoms with van der Waals surface area (Å²) in [5.41, 5.74) is 0.0950. The average molecular weight is 292 g/mol. The first-order valence-corrected chi connectivity index (χ1v) is 6.73. The number of methoxy groups -OCH3 is 1. The Morgan fingerprint density at radius 2 is 2.38 bits per heavy atom. The fourth-order valence-corrected chi connectivity index (χ4v) is 3.14. The standard InChI is InChI=1S/C14H16N2O5/c1-21-12-4-9(2-3-11(12)16(19)20)13(18)15-6-10-5-14(10,7-15)8-17/h2-4,10,17H,5-8H2,1H3. The van der Waals surface area contributed by atoms with Crippen LogP contribution in [0.1, 0.15) is 16.8 Å². The molecule has 7 heteroatoms. The van der Waals surface area contributed by atoms with Crippen molar-refractivity contribution in [1.29, 1.82) is 0 Å². The molecule has 1 aromatic carbocycles. The van der Waals surface area contributed by atoms with Crippen molar-refractivity contribution >= 4 is 11.6 Å². The van der Waals surface area contributed by atoms with Gasteiger partial charge in [-0.25, -0.2) is 0 Å². The molecule has 1 heterocycles. The van der Waals surface area contributed by atoms with Crippen LogP contribution in [-0.2, 0) is 0 Å². The fraction of sp³-hybridized carbons (Fsp3) is 0.500. The number of aliphatic hydroxyl groups excluding tert-OH is 1. The van der Waals surface area contributed by atoms with E-state index in [2.05, 4.69) is 0 Å². The van der Waals surface area contributed by atoms with Crippen LogP contribution in [0.15, 0.2) is 18.2 Å². The van der Waals surface area contributed by atoms with Crippen LogP contribution in [0.3, 0.4) is 0 Å². The van der Waals surface area contributed by atoms with Gasteiger partial charge < -0.3 is 14.7 Å². The molecule has 1 saturated carbocycles. The Labute approximate surface area is 121 Å². The number of aliphatic hydroxyl groups is 1. The fourth-order valence-electron chi connectivity index (χ4n) is 3.14. The second-order valence-corrected chi connectivity index (χ2v) is 5.75. The van der Waals surface area contributed by atoms with Crippen LogP contribution >= 0.6 is 0 Å². The number of rotatable bonds is 4. The van der Waals surface area contributed by atoms with Crippen LogP contribution in [0.2, 0.25) is 0 Å². The third-order valence-corrected chi connectivity index (χ3v) is 4.53. The summed E-state index contributed by atoms with van der Waals surface area (Å²) in [6.07, 6.45) is 0.969. The zero-order valence-electron chi connectivity index (χ0n) is 11.6. The number of hydrogen-bond donors (Lipinski definition) is 1. The Morgan fingerprint density at radius 1 is 1.62 bits per heavy atom. The lowest BCUT2D eigenvalue weighted by atomic mass is 10.1. The van der Waals surface area contributed by atoms with Crippen LogP contribution in [0.25, 0.3) is 0 Å². The van der Waals surface area contributed by atoms with Crippen molar-refractivity contribution in [2.45, 2.75) is 6.42 Å². The molecule has 7 nitrogen and oxygen atoms in total. The van der Waals surface area contributed by atoms with Gasteiger partial charge in [-0.1, -0.05) is 0 Å². The largest absolute Gasteiger partial charge is 0.490 e. The molecule has 0 spiro atoms. The maximum absolute atomic E-state index is 12.4. The molecule has 2 atom stereocenters. The zero-order valence-corrected chi connectivity index (χ0v) is 11.6. The molecule has 2 aliphatic rings. The van der Waals surface area contributed by atoms with Crippen molar-refractivity contribution in [3.05, 3.63) is 33.9 Å². The molecule has 1 aliphatic carbocycles. The summed E-state index contributed by atoms with van der Waals surface area (Å²) in [6, 6.07) is 4.12. The zero-order chi connectivity index (χ0) is 15.2. The molecule has 21 heavy (non-hydrogen) atoms. The number of carbonyl (C=O) groups is 1. The van der Waals surface area contributed by atoms with Crippen LogP contribution in [0, 0.1) is 21.4 Å². The van der Waals surface area contributed by atoms with Gasteiger partial charge in [-0.2, -0.15) is 0 Å². The maximum atomic E-state index is 12.4. The number of hydrogen-bond acceptors (Lipinski definition) is 5. The second-order valence-electron chi connectivity index (χ2n) is 5.75. The third kappa shape index (κ3) is 2.13. The minimum atomic E-state index is -0.543. The molecular formula is C14H16N2O5. The Morgan fingerprint density at radius 3 is 2.95 bits per heavy atom. The van der Waals surface area contributed by atoms with Crippen LogP contribution < -0.4 is 4.74 Å². The van der Waals surface area contributed by atoms with E-state index < -0.39 is 4.92 Å². The van der Waals surface area contributed by atoms with Crippen molar-refractivity contribution in [2.24, 2.45) is 11.3 Å². The van der Waals surface area contributed by atoms with Gasteiger partial charge in [0, 0.05) is 36.2 Å². The first-order chi connectivity index (χ1) is 10.0. The lowest BCUT2D eigenvalue weighted by molar-refractivity contribution is -0.385. The average Bonchev–Trinajstić information content (AvgIpc) is 3.07. The third-order valence-electron chi connectivity index (χ3n) is 4.53. The quantitative estimate of drug-likeness (QED) is 0.661. The van der Waals surface area contributed by atoms with Crippen LogP contribution in [-0.4, -0.2) is 47.6 Å². The van der Waals surface area contributed by atoms with Gasteiger partial charge >= 0.3 is 5.69 Å². The molecule has 1 saturated heterocycles. The lowest BCUT2D eigenvalue weighted by Gasteiger charge is -2.20. The Kier molecular flexibility index (Phi) is 3.09. The highest BCUT2D eigenvalue weighted by Crippen LogP contribution is 2.57. The van der Waals surface area contributed by atoms with Crippen molar-refractivity contribution in [3.8, 4) is 5.75 Å². The van der Waals surface area contributed by atoms with Gasteiger partial charge in [0.05, 0.1) is 18.6 Å². The molecular weight excluding hydrogens is 276 g/mol. The highest BCUT2D eigenvalue weighted by Gasteiger charge is 2.60. The number of nitro groups is 1. The minimum absolute atomic E-state index is 0.0760. The predicted molar refractivity (Wildman–Crippen MR) is 73.2 cm³/mol. The van der Waals surface area contributed by atoms with Gasteiger partial charge in [0.1, 0.15) is 0 Å². The number of likely N-dealkylation sites (tertiary alicyclic amines) is 1. The first kappa shape index (κ1) is 13.8. The SMILES string of the molecule is COc1cc(C(=O)N2CC3CC3(CO)C2)ccc1[N+](=O)[O-]. The molecule has 2 unspecified atom stereocenters. The van der Waals surface area contributed by atoms with E-state index in [1.807, 2.05) is 0 Å². The number of nitro benzene ring substituents is 1. The van der Waals surface area contributed by atoms with Gasteiger partial charge in [-0.3, -0.25) is 14.9 Å². The lowest BCUT2D eigenvalue weighted by Crippen LogP contribution is -2.32. The second kappa shape index (κ2) is 4.70. The van der Waals surface area contributed by atoms with E-state index in [4.69, 9.17) is 4.74 Å². The number of fused-ring (bicyclic) bond motifs is 1. The highest BCUT2D eigenvalue weighted by atomic mass is 16.6. The molecule has 112 valence electrons. The number of piperidine rings is 1. The summed E-state index contributed by atoms with van der Waals surface area (Å²) < 4.78 is 4.98. The van der Waals surface area contributed by atoms with Gasteiger partial charge in [-0.15, -0.1) is 0 Å². The van der Waals surface area contributed by atoms with Gasteiger partial charge in [-0.05, 0) is 18.4 Å². The van der Waals surface area contributed by atoms with Gasteiger partial charge in [0.2, 0.25) is 0 Å². The van der Waals surface area contributed by atoms with E-state index >= 15 is 0 Å². The number of nitrogens with zero attached hydrogens (tertiary/aromatic N) is 2. The number of ether oxygens (including phenoxy) is 1. The molecule has 0 radical (unpaired) electrons. The van der Waals surface area contributed by atoms with Crippen molar-refractivity contribution in [1.82, 2.24) is 4.90 Å². The smallest absolute Gasteiger partial charge is 0.310 e. The van der Waals surface area contributed by atoms with Gasteiger partial charge in [0.25, 0.3) is 5.91 Å². The Bertz CT molecular complexity index is 613. The van der Waals surface area contributed by atoms with Crippen LogP contribution in [0.4, 0.5) is 5.69 Å². The molecule has 0 aromatic heterocycles. The van der Waals surface area contributed by atoms with E-state index in [1.54, 1.807) is 4.90 Å². The van der Waals surface area contributed by atoms with Crippen molar-refractivity contribution in [2.75, 3.05) is 26.8 Å². The molecule has 1 aromatic rings. The van der Waals surface area contributed by atoms with Crippen molar-refractivity contribution in [3.63, 3.8) is 0 Å². The van der Waals surface area contributed by atoms with E-state index in [9.17, 15) is 20.0 Å². The predicted octanol–water partition coefficient (Wildman–Crippen LogP) is 1.06. The maximum Gasteiger partial charge on any atom is 0.310 e. The first-order valence-electron chi connectivity index (χ1n) is 6.73. The number of amides is 1. The molecule has 2 fully saturated rings. The normalized spacial score (nSPS) is 26.4. The van der Waals surface area contributed by atoms with E-state index in [0.29, 0.717) is 24.6 Å². The van der Waals surface area contributed by atoms with Crippen molar-refractivity contribution < 1.29 is 19.6 Å². The highest BCUT2D eigenvalue weighted by molar-refractivity contribution is 5.95. The summed E-state index contributed by atoms with van der Waals surface area (Å²) in [7, 11) is 1.34. The van der Waals surface area contributed by atoms with Gasteiger partial charge in [0.15, 0.2) is 5.75 Å². The molecule has 1 aliphatic heterocycles. The summed E-state index contributed by atoms with van der Waals surface area (Å²) in [4.78, 5) is 24.4. The summed E-state index contributed by atoms with van der Waals surface area (Å²) in [5.74, 6) is 0.279. The molecule has 1 amide bonds. The Hall–Kier alpha value is -2.15. The molecule has 1 N–H and O–H groups in total. The number of benzene rings is 1. The molecule has 3 rings (SSSR count). The topological polar surface area (TPSA) is 92.9 Å². The summed E-state index contributed by atoms with van der Waals surface area (Å²) in [5, 5.41) is 20.2.